The Bertz CT molecular complexity index is 490. The third-order valence-electron chi connectivity index (χ3n) is 3.85. The number of benzene rings is 1. The summed E-state index contributed by atoms with van der Waals surface area (Å²) < 4.78 is 0.629. The minimum absolute atomic E-state index is 0. The minimum Gasteiger partial charge on any atom is -0.507 e. The van der Waals surface area contributed by atoms with Gasteiger partial charge in [-0.15, -0.1) is 12.4 Å². The van der Waals surface area contributed by atoms with E-state index < -0.39 is 5.97 Å². The van der Waals surface area contributed by atoms with Crippen molar-refractivity contribution in [1.29, 1.82) is 0 Å². The predicted molar refractivity (Wildman–Crippen MR) is 83.5 cm³/mol. The average molecular weight is 365 g/mol. The molecule has 1 aromatic carbocycles. The fourth-order valence-corrected chi connectivity index (χ4v) is 3.26. The normalized spacial score (nSPS) is 17.3. The van der Waals surface area contributed by atoms with Crippen LogP contribution in [0, 0.1) is 5.92 Å². The Morgan fingerprint density at radius 2 is 1.90 bits per heavy atom. The van der Waals surface area contributed by atoms with E-state index in [1.807, 2.05) is 0 Å². The monoisotopic (exact) mass is 363 g/mol. The van der Waals surface area contributed by atoms with Gasteiger partial charge in [0.05, 0.1) is 0 Å². The number of aromatic hydroxyl groups is 1. The van der Waals surface area contributed by atoms with Gasteiger partial charge in [0.2, 0.25) is 0 Å². The molecule has 1 saturated carbocycles. The predicted octanol–water partition coefficient (Wildman–Crippen LogP) is 3.85. The Labute approximate surface area is 132 Å². The zero-order valence-corrected chi connectivity index (χ0v) is 13.4. The average Bonchev–Trinajstić information content (AvgIpc) is 2.41. The summed E-state index contributed by atoms with van der Waals surface area (Å²) in [6.07, 6.45) is 5.61. The molecule has 2 rings (SSSR count). The SMILES string of the molecule is Cl.N[C@H](c1cc(Br)cc(C(=O)O)c1O)C1CCCCC1. The lowest BCUT2D eigenvalue weighted by molar-refractivity contribution is 0.0693. The summed E-state index contributed by atoms with van der Waals surface area (Å²) in [5.74, 6) is -1.03. The molecule has 0 aromatic heterocycles. The summed E-state index contributed by atoms with van der Waals surface area (Å²) >= 11 is 3.28. The Morgan fingerprint density at radius 1 is 1.30 bits per heavy atom. The highest BCUT2D eigenvalue weighted by molar-refractivity contribution is 9.10. The first-order valence-corrected chi connectivity index (χ1v) is 7.31. The van der Waals surface area contributed by atoms with Crippen molar-refractivity contribution in [2.24, 2.45) is 11.7 Å². The van der Waals surface area contributed by atoms with Gasteiger partial charge in [0.1, 0.15) is 11.3 Å². The molecule has 112 valence electrons. The van der Waals surface area contributed by atoms with E-state index >= 15 is 0 Å². The summed E-state index contributed by atoms with van der Waals surface area (Å²) in [5, 5.41) is 19.2. The highest BCUT2D eigenvalue weighted by atomic mass is 79.9. The molecule has 1 aliphatic rings. The molecule has 0 radical (unpaired) electrons. The van der Waals surface area contributed by atoms with Gasteiger partial charge in [-0.2, -0.15) is 0 Å². The number of carboxylic acid groups (broad SMARTS) is 1. The Kier molecular flexibility index (Phi) is 6.30. The van der Waals surface area contributed by atoms with Crippen LogP contribution in [-0.2, 0) is 0 Å². The molecule has 0 saturated heterocycles. The Hall–Kier alpha value is -0.780. The van der Waals surface area contributed by atoms with Gasteiger partial charge in [0.15, 0.2) is 0 Å². The zero-order valence-electron chi connectivity index (χ0n) is 11.0. The fraction of sp³-hybridized carbons (Fsp3) is 0.500. The van der Waals surface area contributed by atoms with Crippen LogP contribution in [0.1, 0.15) is 54.1 Å². The summed E-state index contributed by atoms with van der Waals surface area (Å²) in [6, 6.07) is 2.81. The Morgan fingerprint density at radius 3 is 2.45 bits per heavy atom. The van der Waals surface area contributed by atoms with Crippen LogP contribution < -0.4 is 5.73 Å². The number of carboxylic acids is 1. The standard InChI is InChI=1S/C14H18BrNO3.ClH/c15-9-6-10(13(17)11(7-9)14(18)19)12(16)8-4-2-1-3-5-8;/h6-8,12,17H,1-5,16H2,(H,18,19);1H/t12-;/m0./s1. The molecule has 6 heteroatoms. The van der Waals surface area contributed by atoms with Gasteiger partial charge in [0, 0.05) is 16.1 Å². The highest BCUT2D eigenvalue weighted by Crippen LogP contribution is 2.38. The second-order valence-corrected chi connectivity index (χ2v) is 6.04. The second-order valence-electron chi connectivity index (χ2n) is 5.12. The van der Waals surface area contributed by atoms with E-state index in [4.69, 9.17) is 10.8 Å². The van der Waals surface area contributed by atoms with Gasteiger partial charge in [-0.05, 0) is 30.9 Å². The number of carbonyl (C=O) groups is 1. The minimum atomic E-state index is -1.14. The summed E-state index contributed by atoms with van der Waals surface area (Å²) in [7, 11) is 0. The van der Waals surface area contributed by atoms with E-state index in [0.717, 1.165) is 25.7 Å². The van der Waals surface area contributed by atoms with Crippen LogP contribution in [-0.4, -0.2) is 16.2 Å². The molecule has 1 aromatic rings. The topological polar surface area (TPSA) is 83.6 Å². The molecule has 0 amide bonds. The van der Waals surface area contributed by atoms with Gasteiger partial charge in [-0.1, -0.05) is 35.2 Å². The summed E-state index contributed by atoms with van der Waals surface area (Å²) in [4.78, 5) is 11.1. The van der Waals surface area contributed by atoms with Gasteiger partial charge in [-0.3, -0.25) is 0 Å². The van der Waals surface area contributed by atoms with Crippen molar-refractivity contribution >= 4 is 34.3 Å². The number of aromatic carboxylic acids is 1. The maximum absolute atomic E-state index is 11.1. The van der Waals surface area contributed by atoms with E-state index in [1.165, 1.54) is 12.5 Å². The van der Waals surface area contributed by atoms with Crippen LogP contribution in [0.4, 0.5) is 0 Å². The van der Waals surface area contributed by atoms with Crippen LogP contribution >= 0.6 is 28.3 Å². The van der Waals surface area contributed by atoms with E-state index in [1.54, 1.807) is 6.07 Å². The zero-order chi connectivity index (χ0) is 14.0. The van der Waals surface area contributed by atoms with Crippen molar-refractivity contribution in [2.75, 3.05) is 0 Å². The van der Waals surface area contributed by atoms with Crippen molar-refractivity contribution in [3.63, 3.8) is 0 Å². The molecule has 4 nitrogen and oxygen atoms in total. The van der Waals surface area contributed by atoms with Crippen molar-refractivity contribution in [3.05, 3.63) is 27.7 Å². The molecule has 0 bridgehead atoms. The van der Waals surface area contributed by atoms with E-state index in [9.17, 15) is 9.90 Å². The number of halogens is 2. The third-order valence-corrected chi connectivity index (χ3v) is 4.31. The molecule has 0 aliphatic heterocycles. The van der Waals surface area contributed by atoms with E-state index in [-0.39, 0.29) is 29.8 Å². The van der Waals surface area contributed by atoms with Gasteiger partial charge in [-0.25, -0.2) is 4.79 Å². The molecule has 0 heterocycles. The quantitative estimate of drug-likeness (QED) is 0.760. The first-order chi connectivity index (χ1) is 9.00. The smallest absolute Gasteiger partial charge is 0.339 e. The van der Waals surface area contributed by atoms with Crippen LogP contribution in [0.15, 0.2) is 16.6 Å². The largest absolute Gasteiger partial charge is 0.507 e. The highest BCUT2D eigenvalue weighted by Gasteiger charge is 2.26. The van der Waals surface area contributed by atoms with Crippen molar-refractivity contribution in [3.8, 4) is 5.75 Å². The van der Waals surface area contributed by atoms with Crippen LogP contribution in [0.5, 0.6) is 5.75 Å². The first kappa shape index (κ1) is 17.3. The van der Waals surface area contributed by atoms with Crippen molar-refractivity contribution in [2.45, 2.75) is 38.1 Å². The molecule has 1 aliphatic carbocycles. The lowest BCUT2D eigenvalue weighted by atomic mass is 9.81. The van der Waals surface area contributed by atoms with Crippen LogP contribution in [0.25, 0.3) is 0 Å². The molecular formula is C14H19BrClNO3. The lowest BCUT2D eigenvalue weighted by Crippen LogP contribution is -2.24. The maximum Gasteiger partial charge on any atom is 0.339 e. The van der Waals surface area contributed by atoms with E-state index in [0.29, 0.717) is 16.0 Å². The third kappa shape index (κ3) is 3.65. The number of phenols is 1. The number of nitrogens with two attached hydrogens (primary N) is 1. The fourth-order valence-electron chi connectivity index (χ4n) is 2.78. The first-order valence-electron chi connectivity index (χ1n) is 6.52. The van der Waals surface area contributed by atoms with Crippen LogP contribution in [0.3, 0.4) is 0 Å². The number of rotatable bonds is 3. The van der Waals surface area contributed by atoms with E-state index in [2.05, 4.69) is 15.9 Å². The molecule has 20 heavy (non-hydrogen) atoms. The molecule has 1 fully saturated rings. The van der Waals surface area contributed by atoms with Gasteiger partial charge >= 0.3 is 5.97 Å². The van der Waals surface area contributed by atoms with Crippen molar-refractivity contribution in [1.82, 2.24) is 0 Å². The molecule has 0 spiro atoms. The molecular weight excluding hydrogens is 346 g/mol. The van der Waals surface area contributed by atoms with Gasteiger partial charge < -0.3 is 15.9 Å². The molecule has 1 atom stereocenters. The Balaban J connectivity index is 0.00000200. The molecule has 0 unspecified atom stereocenters. The number of hydrogen-bond donors (Lipinski definition) is 3. The lowest BCUT2D eigenvalue weighted by Gasteiger charge is -2.28. The maximum atomic E-state index is 11.1. The molecule has 4 N–H and O–H groups in total. The summed E-state index contributed by atoms with van der Waals surface area (Å²) in [5.41, 5.74) is 6.66. The van der Waals surface area contributed by atoms with Crippen LogP contribution in [0.2, 0.25) is 0 Å². The second kappa shape index (κ2) is 7.29. The summed E-state index contributed by atoms with van der Waals surface area (Å²) in [6.45, 7) is 0. The number of hydrogen-bond acceptors (Lipinski definition) is 3. The van der Waals surface area contributed by atoms with Gasteiger partial charge in [0.25, 0.3) is 0 Å². The van der Waals surface area contributed by atoms with Crippen molar-refractivity contribution < 1.29 is 15.0 Å².